The van der Waals surface area contributed by atoms with Gasteiger partial charge in [-0.3, -0.25) is 4.98 Å². The Labute approximate surface area is 110 Å². The minimum absolute atomic E-state index is 0.178. The SMILES string of the molecule is NCc1cc(S(=O)(=O)NCc2ccccn2)cs1. The zero-order valence-corrected chi connectivity index (χ0v) is 11.2. The minimum Gasteiger partial charge on any atom is -0.326 e. The van der Waals surface area contributed by atoms with E-state index in [2.05, 4.69) is 9.71 Å². The Bertz CT molecular complexity index is 608. The molecule has 0 amide bonds. The Morgan fingerprint density at radius 3 is 2.83 bits per heavy atom. The summed E-state index contributed by atoms with van der Waals surface area (Å²) in [5.74, 6) is 0. The lowest BCUT2D eigenvalue weighted by Gasteiger charge is -2.04. The van der Waals surface area contributed by atoms with E-state index < -0.39 is 10.0 Å². The van der Waals surface area contributed by atoms with Crippen LogP contribution in [-0.4, -0.2) is 13.4 Å². The molecule has 96 valence electrons. The highest BCUT2D eigenvalue weighted by Gasteiger charge is 2.15. The van der Waals surface area contributed by atoms with E-state index in [-0.39, 0.29) is 11.4 Å². The topological polar surface area (TPSA) is 85.1 Å². The maximum Gasteiger partial charge on any atom is 0.241 e. The Hall–Kier alpha value is -1.28. The van der Waals surface area contributed by atoms with Gasteiger partial charge >= 0.3 is 0 Å². The van der Waals surface area contributed by atoms with E-state index in [0.29, 0.717) is 12.2 Å². The summed E-state index contributed by atoms with van der Waals surface area (Å²) in [5, 5.41) is 1.59. The number of nitrogens with zero attached hydrogens (tertiary/aromatic N) is 1. The maximum atomic E-state index is 12.0. The number of sulfonamides is 1. The van der Waals surface area contributed by atoms with Crippen molar-refractivity contribution in [1.29, 1.82) is 0 Å². The van der Waals surface area contributed by atoms with Crippen LogP contribution in [0.3, 0.4) is 0 Å². The first-order valence-corrected chi connectivity index (χ1v) is 7.65. The third-order valence-electron chi connectivity index (χ3n) is 2.31. The average molecular weight is 283 g/mol. The first-order chi connectivity index (χ1) is 8.62. The van der Waals surface area contributed by atoms with Crippen molar-refractivity contribution in [3.63, 3.8) is 0 Å². The number of aromatic nitrogens is 1. The molecule has 0 aromatic carbocycles. The Morgan fingerprint density at radius 1 is 1.39 bits per heavy atom. The smallest absolute Gasteiger partial charge is 0.241 e. The van der Waals surface area contributed by atoms with Crippen molar-refractivity contribution in [3.8, 4) is 0 Å². The van der Waals surface area contributed by atoms with Gasteiger partial charge in [0.15, 0.2) is 0 Å². The van der Waals surface area contributed by atoms with Crippen molar-refractivity contribution in [3.05, 3.63) is 46.4 Å². The highest BCUT2D eigenvalue weighted by Crippen LogP contribution is 2.18. The molecule has 0 aliphatic rings. The number of nitrogens with one attached hydrogen (secondary N) is 1. The molecule has 0 bridgehead atoms. The molecule has 0 aliphatic carbocycles. The molecule has 3 N–H and O–H groups in total. The van der Waals surface area contributed by atoms with E-state index in [4.69, 9.17) is 5.73 Å². The summed E-state index contributed by atoms with van der Waals surface area (Å²) in [6.07, 6.45) is 1.63. The molecule has 0 atom stereocenters. The Balaban J connectivity index is 2.08. The second kappa shape index (κ2) is 5.57. The summed E-state index contributed by atoms with van der Waals surface area (Å²) in [4.78, 5) is 5.15. The van der Waals surface area contributed by atoms with Crippen LogP contribution in [0.1, 0.15) is 10.6 Å². The van der Waals surface area contributed by atoms with Crippen LogP contribution in [0.2, 0.25) is 0 Å². The zero-order chi connectivity index (χ0) is 13.0. The highest BCUT2D eigenvalue weighted by atomic mass is 32.2. The molecule has 0 fully saturated rings. The van der Waals surface area contributed by atoms with Gasteiger partial charge in [-0.1, -0.05) is 6.07 Å². The number of pyridine rings is 1. The predicted molar refractivity (Wildman–Crippen MR) is 70.5 cm³/mol. The van der Waals surface area contributed by atoms with E-state index in [0.717, 1.165) is 4.88 Å². The maximum absolute atomic E-state index is 12.0. The Morgan fingerprint density at radius 2 is 2.22 bits per heavy atom. The molecule has 2 aromatic heterocycles. The fraction of sp³-hybridized carbons (Fsp3) is 0.182. The summed E-state index contributed by atoms with van der Waals surface area (Å²) >= 11 is 1.34. The summed E-state index contributed by atoms with van der Waals surface area (Å²) in [6.45, 7) is 0.525. The van der Waals surface area contributed by atoms with Gasteiger partial charge in [-0.25, -0.2) is 13.1 Å². The summed E-state index contributed by atoms with van der Waals surface area (Å²) in [7, 11) is -3.48. The lowest BCUT2D eigenvalue weighted by atomic mass is 10.4. The van der Waals surface area contributed by atoms with E-state index in [9.17, 15) is 8.42 Å². The molecule has 0 saturated heterocycles. The quantitative estimate of drug-likeness (QED) is 0.860. The van der Waals surface area contributed by atoms with Crippen molar-refractivity contribution < 1.29 is 8.42 Å². The summed E-state index contributed by atoms with van der Waals surface area (Å²) in [6, 6.07) is 6.95. The van der Waals surface area contributed by atoms with Crippen molar-refractivity contribution in [1.82, 2.24) is 9.71 Å². The van der Waals surface area contributed by atoms with Crippen molar-refractivity contribution in [2.24, 2.45) is 5.73 Å². The molecule has 5 nitrogen and oxygen atoms in total. The zero-order valence-electron chi connectivity index (χ0n) is 9.54. The minimum atomic E-state index is -3.48. The first-order valence-electron chi connectivity index (χ1n) is 5.29. The van der Waals surface area contributed by atoms with E-state index >= 15 is 0 Å². The number of hydrogen-bond acceptors (Lipinski definition) is 5. The fourth-order valence-corrected chi connectivity index (χ4v) is 3.52. The van der Waals surface area contributed by atoms with E-state index in [1.54, 1.807) is 29.8 Å². The van der Waals surface area contributed by atoms with Gasteiger partial charge in [0, 0.05) is 23.0 Å². The van der Waals surface area contributed by atoms with Gasteiger partial charge in [0.25, 0.3) is 0 Å². The fourth-order valence-electron chi connectivity index (χ4n) is 1.36. The second-order valence-corrected chi connectivity index (χ2v) is 6.36. The van der Waals surface area contributed by atoms with Gasteiger partial charge in [0.05, 0.1) is 17.1 Å². The lowest BCUT2D eigenvalue weighted by Crippen LogP contribution is -2.23. The summed E-state index contributed by atoms with van der Waals surface area (Å²) < 4.78 is 26.4. The van der Waals surface area contributed by atoms with Crippen LogP contribution in [0.25, 0.3) is 0 Å². The monoisotopic (exact) mass is 283 g/mol. The van der Waals surface area contributed by atoms with Gasteiger partial charge in [-0.2, -0.15) is 0 Å². The van der Waals surface area contributed by atoms with Gasteiger partial charge in [-0.05, 0) is 18.2 Å². The molecule has 7 heteroatoms. The Kier molecular flexibility index (Phi) is 4.07. The van der Waals surface area contributed by atoms with Crippen molar-refractivity contribution in [2.75, 3.05) is 0 Å². The average Bonchev–Trinajstić information content (AvgIpc) is 2.87. The molecule has 0 radical (unpaired) electrons. The predicted octanol–water partition coefficient (Wildman–Crippen LogP) is 1.08. The highest BCUT2D eigenvalue weighted by molar-refractivity contribution is 7.89. The van der Waals surface area contributed by atoms with Crippen LogP contribution in [0.5, 0.6) is 0 Å². The van der Waals surface area contributed by atoms with Gasteiger partial charge in [0.2, 0.25) is 10.0 Å². The second-order valence-electron chi connectivity index (χ2n) is 3.60. The molecule has 2 rings (SSSR count). The van der Waals surface area contributed by atoms with Gasteiger partial charge in [-0.15, -0.1) is 11.3 Å². The van der Waals surface area contributed by atoms with Crippen LogP contribution >= 0.6 is 11.3 Å². The van der Waals surface area contributed by atoms with Crippen LogP contribution in [-0.2, 0) is 23.1 Å². The molecule has 2 heterocycles. The molecule has 18 heavy (non-hydrogen) atoms. The molecule has 0 aliphatic heterocycles. The number of thiophene rings is 1. The molecule has 2 aromatic rings. The summed E-state index contributed by atoms with van der Waals surface area (Å²) in [5.41, 5.74) is 6.13. The van der Waals surface area contributed by atoms with Gasteiger partial charge in [0.1, 0.15) is 0 Å². The number of rotatable bonds is 5. The number of hydrogen-bond donors (Lipinski definition) is 2. The van der Waals surface area contributed by atoms with E-state index in [1.165, 1.54) is 11.3 Å². The third kappa shape index (κ3) is 3.14. The van der Waals surface area contributed by atoms with E-state index in [1.807, 2.05) is 6.07 Å². The van der Waals surface area contributed by atoms with Crippen molar-refractivity contribution >= 4 is 21.4 Å². The van der Waals surface area contributed by atoms with Crippen LogP contribution < -0.4 is 10.5 Å². The molecular formula is C11H13N3O2S2. The third-order valence-corrected chi connectivity index (χ3v) is 4.80. The normalized spacial score (nSPS) is 11.6. The first kappa shape index (κ1) is 13.2. The molecule has 0 unspecified atom stereocenters. The van der Waals surface area contributed by atoms with Crippen LogP contribution in [0.4, 0.5) is 0 Å². The van der Waals surface area contributed by atoms with Crippen LogP contribution in [0, 0.1) is 0 Å². The standard InChI is InChI=1S/C11H13N3O2S2/c12-6-10-5-11(8-17-10)18(15,16)14-7-9-3-1-2-4-13-9/h1-5,8,14H,6-7,12H2. The van der Waals surface area contributed by atoms with Gasteiger partial charge < -0.3 is 5.73 Å². The lowest BCUT2D eigenvalue weighted by molar-refractivity contribution is 0.581. The largest absolute Gasteiger partial charge is 0.326 e. The molecule has 0 spiro atoms. The van der Waals surface area contributed by atoms with Crippen LogP contribution in [0.15, 0.2) is 40.7 Å². The molecular weight excluding hydrogens is 270 g/mol. The number of nitrogens with two attached hydrogens (primary N) is 1. The molecule has 0 saturated carbocycles. The van der Waals surface area contributed by atoms with Crippen molar-refractivity contribution in [2.45, 2.75) is 18.0 Å².